The predicted octanol–water partition coefficient (Wildman–Crippen LogP) is 1.60. The summed E-state index contributed by atoms with van der Waals surface area (Å²) < 4.78 is 5.00. The standard InChI is InChI=1S/C12H16ClNO3/c1-17-8-6-14(5-7-15)12-4-2-3-11(13)10(12)9-16/h2-4,9,15H,5-8H2,1H3. The van der Waals surface area contributed by atoms with Gasteiger partial charge < -0.3 is 14.7 Å². The number of aliphatic hydroxyl groups is 1. The van der Waals surface area contributed by atoms with Crippen molar-refractivity contribution >= 4 is 23.6 Å². The van der Waals surface area contributed by atoms with Gasteiger partial charge in [-0.2, -0.15) is 0 Å². The molecule has 0 saturated heterocycles. The van der Waals surface area contributed by atoms with Crippen molar-refractivity contribution in [3.05, 3.63) is 28.8 Å². The topological polar surface area (TPSA) is 49.8 Å². The first-order chi connectivity index (χ1) is 8.24. The molecule has 1 N–H and O–H groups in total. The van der Waals surface area contributed by atoms with Crippen LogP contribution < -0.4 is 4.90 Å². The van der Waals surface area contributed by atoms with Gasteiger partial charge in [-0.05, 0) is 12.1 Å². The van der Waals surface area contributed by atoms with Crippen molar-refractivity contribution < 1.29 is 14.6 Å². The van der Waals surface area contributed by atoms with Crippen molar-refractivity contribution in [3.8, 4) is 0 Å². The lowest BCUT2D eigenvalue weighted by Crippen LogP contribution is -2.31. The highest BCUT2D eigenvalue weighted by Gasteiger charge is 2.12. The highest BCUT2D eigenvalue weighted by molar-refractivity contribution is 6.33. The molecule has 0 heterocycles. The minimum absolute atomic E-state index is 0.00846. The summed E-state index contributed by atoms with van der Waals surface area (Å²) in [7, 11) is 1.61. The third kappa shape index (κ3) is 3.70. The second-order valence-electron chi connectivity index (χ2n) is 3.49. The van der Waals surface area contributed by atoms with Gasteiger partial charge in [-0.3, -0.25) is 4.79 Å². The molecule has 1 rings (SSSR count). The van der Waals surface area contributed by atoms with Crippen LogP contribution in [-0.4, -0.2) is 44.8 Å². The van der Waals surface area contributed by atoms with E-state index in [9.17, 15) is 4.79 Å². The fourth-order valence-corrected chi connectivity index (χ4v) is 1.81. The Balaban J connectivity index is 2.99. The zero-order chi connectivity index (χ0) is 12.7. The van der Waals surface area contributed by atoms with Crippen LogP contribution in [0, 0.1) is 0 Å². The van der Waals surface area contributed by atoms with Crippen LogP contribution in [0.1, 0.15) is 10.4 Å². The molecule has 17 heavy (non-hydrogen) atoms. The maximum atomic E-state index is 11.0. The van der Waals surface area contributed by atoms with E-state index in [4.69, 9.17) is 21.4 Å². The van der Waals surface area contributed by atoms with Gasteiger partial charge in [0.2, 0.25) is 0 Å². The summed E-state index contributed by atoms with van der Waals surface area (Å²) in [6.07, 6.45) is 0.731. The van der Waals surface area contributed by atoms with Gasteiger partial charge in [0.25, 0.3) is 0 Å². The molecule has 5 heteroatoms. The van der Waals surface area contributed by atoms with Gasteiger partial charge in [-0.25, -0.2) is 0 Å². The van der Waals surface area contributed by atoms with Crippen LogP contribution in [0.5, 0.6) is 0 Å². The molecule has 0 radical (unpaired) electrons. The number of aldehydes is 1. The van der Waals surface area contributed by atoms with Crippen LogP contribution in [0.2, 0.25) is 5.02 Å². The molecule has 0 aliphatic carbocycles. The maximum Gasteiger partial charge on any atom is 0.153 e. The minimum atomic E-state index is 0.00846. The first-order valence-electron chi connectivity index (χ1n) is 5.33. The summed E-state index contributed by atoms with van der Waals surface area (Å²) in [6.45, 7) is 1.56. The Kier molecular flexibility index (Phi) is 5.97. The van der Waals surface area contributed by atoms with E-state index in [1.807, 2.05) is 4.90 Å². The third-order valence-corrected chi connectivity index (χ3v) is 2.75. The molecule has 0 unspecified atom stereocenters. The van der Waals surface area contributed by atoms with Gasteiger partial charge in [-0.15, -0.1) is 0 Å². The summed E-state index contributed by atoms with van der Waals surface area (Å²) in [5, 5.41) is 9.44. The molecule has 0 aliphatic rings. The molecule has 1 aromatic carbocycles. The third-order valence-electron chi connectivity index (χ3n) is 2.42. The van der Waals surface area contributed by atoms with E-state index < -0.39 is 0 Å². The first kappa shape index (κ1) is 14.0. The largest absolute Gasteiger partial charge is 0.395 e. The molecule has 0 aromatic heterocycles. The minimum Gasteiger partial charge on any atom is -0.395 e. The summed E-state index contributed by atoms with van der Waals surface area (Å²) in [6, 6.07) is 5.25. The molecule has 1 aromatic rings. The van der Waals surface area contributed by atoms with Crippen molar-refractivity contribution in [1.29, 1.82) is 0 Å². The summed E-state index contributed by atoms with van der Waals surface area (Å²) in [5.74, 6) is 0. The number of ether oxygens (including phenoxy) is 1. The number of aliphatic hydroxyl groups excluding tert-OH is 1. The highest BCUT2D eigenvalue weighted by atomic mass is 35.5. The van der Waals surface area contributed by atoms with Crippen LogP contribution >= 0.6 is 11.6 Å². The van der Waals surface area contributed by atoms with Crippen molar-refractivity contribution in [2.24, 2.45) is 0 Å². The van der Waals surface area contributed by atoms with Crippen molar-refractivity contribution in [1.82, 2.24) is 0 Å². The Morgan fingerprint density at radius 2 is 2.24 bits per heavy atom. The summed E-state index contributed by atoms with van der Waals surface area (Å²) in [5.41, 5.74) is 1.16. The second-order valence-corrected chi connectivity index (χ2v) is 3.90. The van der Waals surface area contributed by atoms with Crippen LogP contribution in [-0.2, 0) is 4.74 Å². The molecule has 0 atom stereocenters. The molecule has 0 fully saturated rings. The monoisotopic (exact) mass is 257 g/mol. The Hall–Kier alpha value is -1.10. The number of nitrogens with zero attached hydrogens (tertiary/aromatic N) is 1. The first-order valence-corrected chi connectivity index (χ1v) is 5.70. The van der Waals surface area contributed by atoms with E-state index >= 15 is 0 Å². The van der Waals surface area contributed by atoms with E-state index in [1.165, 1.54) is 0 Å². The number of hydrogen-bond donors (Lipinski definition) is 1. The molecule has 0 bridgehead atoms. The van der Waals surface area contributed by atoms with Crippen LogP contribution in [0.4, 0.5) is 5.69 Å². The Labute approximate surface area is 106 Å². The van der Waals surface area contributed by atoms with E-state index in [2.05, 4.69) is 0 Å². The number of benzene rings is 1. The number of anilines is 1. The zero-order valence-electron chi connectivity index (χ0n) is 9.73. The molecule has 0 amide bonds. The van der Waals surface area contributed by atoms with E-state index in [-0.39, 0.29) is 6.61 Å². The van der Waals surface area contributed by atoms with Gasteiger partial charge in [0, 0.05) is 25.9 Å². The normalized spacial score (nSPS) is 10.3. The average Bonchev–Trinajstić information content (AvgIpc) is 2.34. The summed E-state index contributed by atoms with van der Waals surface area (Å²) >= 11 is 5.96. The van der Waals surface area contributed by atoms with Gasteiger partial charge >= 0.3 is 0 Å². The Morgan fingerprint density at radius 3 is 2.82 bits per heavy atom. The smallest absolute Gasteiger partial charge is 0.153 e. The average molecular weight is 258 g/mol. The van der Waals surface area contributed by atoms with E-state index in [0.717, 1.165) is 12.0 Å². The fourth-order valence-electron chi connectivity index (χ4n) is 1.59. The quantitative estimate of drug-likeness (QED) is 0.754. The lowest BCUT2D eigenvalue weighted by molar-refractivity contribution is 0.112. The lowest BCUT2D eigenvalue weighted by Gasteiger charge is -2.25. The number of carbonyl (C=O) groups excluding carboxylic acids is 1. The lowest BCUT2D eigenvalue weighted by atomic mass is 10.1. The zero-order valence-corrected chi connectivity index (χ0v) is 10.5. The van der Waals surface area contributed by atoms with Gasteiger partial charge in [0.15, 0.2) is 6.29 Å². The molecule has 0 saturated carbocycles. The molecule has 0 spiro atoms. The SMILES string of the molecule is COCCN(CCO)c1cccc(Cl)c1C=O. The van der Waals surface area contributed by atoms with Gasteiger partial charge in [-0.1, -0.05) is 17.7 Å². The predicted molar refractivity (Wildman–Crippen MR) is 68.0 cm³/mol. The number of hydrogen-bond acceptors (Lipinski definition) is 4. The number of methoxy groups -OCH3 is 1. The number of carbonyl (C=O) groups is 1. The van der Waals surface area contributed by atoms with Crippen LogP contribution in [0.25, 0.3) is 0 Å². The Morgan fingerprint density at radius 1 is 1.47 bits per heavy atom. The highest BCUT2D eigenvalue weighted by Crippen LogP contribution is 2.25. The molecular formula is C12H16ClNO3. The van der Waals surface area contributed by atoms with Crippen molar-refractivity contribution in [2.75, 3.05) is 38.3 Å². The molecule has 0 aliphatic heterocycles. The van der Waals surface area contributed by atoms with E-state index in [1.54, 1.807) is 25.3 Å². The second kappa shape index (κ2) is 7.27. The van der Waals surface area contributed by atoms with Crippen LogP contribution in [0.15, 0.2) is 18.2 Å². The van der Waals surface area contributed by atoms with Gasteiger partial charge in [0.05, 0.1) is 23.8 Å². The number of rotatable bonds is 7. The maximum absolute atomic E-state index is 11.0. The van der Waals surface area contributed by atoms with Crippen LogP contribution in [0.3, 0.4) is 0 Å². The molecule has 94 valence electrons. The Bertz CT molecular complexity index is 371. The summed E-state index contributed by atoms with van der Waals surface area (Å²) in [4.78, 5) is 12.9. The van der Waals surface area contributed by atoms with E-state index in [0.29, 0.717) is 30.3 Å². The molecule has 4 nitrogen and oxygen atoms in total. The fraction of sp³-hybridized carbons (Fsp3) is 0.417. The van der Waals surface area contributed by atoms with Crippen molar-refractivity contribution in [2.45, 2.75) is 0 Å². The molecular weight excluding hydrogens is 242 g/mol. The van der Waals surface area contributed by atoms with Gasteiger partial charge in [0.1, 0.15) is 0 Å². The number of halogens is 1. The van der Waals surface area contributed by atoms with Crippen molar-refractivity contribution in [3.63, 3.8) is 0 Å².